The highest BCUT2D eigenvalue weighted by atomic mass is 32.1. The van der Waals surface area contributed by atoms with Crippen molar-refractivity contribution in [3.05, 3.63) is 46.3 Å². The van der Waals surface area contributed by atoms with Crippen LogP contribution in [0.5, 0.6) is 0 Å². The molecule has 1 aliphatic carbocycles. The number of nitrogens with one attached hydrogen (secondary N) is 1. The summed E-state index contributed by atoms with van der Waals surface area (Å²) in [5.74, 6) is 0.397. The fourth-order valence-electron chi connectivity index (χ4n) is 5.24. The molecule has 1 aromatic carbocycles. The van der Waals surface area contributed by atoms with Gasteiger partial charge >= 0.3 is 5.97 Å². The number of hydrogen-bond donors (Lipinski definition) is 2. The number of anilines is 1. The highest BCUT2D eigenvalue weighted by Gasteiger charge is 2.30. The molecule has 0 atom stereocenters. The van der Waals surface area contributed by atoms with Crippen molar-refractivity contribution in [2.45, 2.75) is 52.9 Å². The minimum absolute atomic E-state index is 0.107. The van der Waals surface area contributed by atoms with E-state index in [1.54, 1.807) is 0 Å². The molecule has 2 N–H and O–H groups in total. The number of nitrogens with zero attached hydrogens (tertiary/aromatic N) is 1. The fourth-order valence-corrected chi connectivity index (χ4v) is 6.27. The Morgan fingerprint density at radius 2 is 1.85 bits per heavy atom. The minimum Gasteiger partial charge on any atom is -0.477 e. The topological polar surface area (TPSA) is 69.6 Å². The Kier molecular flexibility index (Phi) is 7.35. The number of thiophene rings is 1. The number of amides is 1. The molecule has 0 unspecified atom stereocenters. The molecule has 1 aromatic heterocycles. The minimum atomic E-state index is -0.849. The smallest absolute Gasteiger partial charge is 0.346 e. The van der Waals surface area contributed by atoms with Crippen molar-refractivity contribution in [2.75, 3.05) is 25.0 Å². The Bertz CT molecular complexity index is 1050. The molecule has 33 heavy (non-hydrogen) atoms. The van der Waals surface area contributed by atoms with Gasteiger partial charge < -0.3 is 10.4 Å². The van der Waals surface area contributed by atoms with Crippen LogP contribution in [0.3, 0.4) is 0 Å². The molecule has 0 saturated heterocycles. The molecule has 0 radical (unpaired) electrons. The van der Waals surface area contributed by atoms with Gasteiger partial charge in [0.2, 0.25) is 5.91 Å². The van der Waals surface area contributed by atoms with Gasteiger partial charge in [0.15, 0.2) is 0 Å². The monoisotopic (exact) mass is 466 g/mol. The molecule has 176 valence electrons. The Labute approximate surface area is 200 Å². The van der Waals surface area contributed by atoms with Gasteiger partial charge in [0.1, 0.15) is 4.88 Å². The highest BCUT2D eigenvalue weighted by molar-refractivity contribution is 7.17. The molecule has 1 fully saturated rings. The number of carbonyl (C=O) groups is 2. The summed E-state index contributed by atoms with van der Waals surface area (Å²) in [5.41, 5.74) is 5.38. The molecular formula is C27H34N2O3S. The average molecular weight is 467 g/mol. The standard InChI is InChI=1S/C27H34N2O3S/c1-4-29-14-13-22(24(16-29)19-7-5-17(2)6-8-19)23-15-25(33-26(23)27(31)32)20-9-11-21(12-10-20)28-18(3)30/h9-12,15,17,19H,4-8,13-14,16H2,1-3H3,(H,28,30)(H,31,32). The van der Waals surface area contributed by atoms with Crippen LogP contribution in [0.25, 0.3) is 16.0 Å². The lowest BCUT2D eigenvalue weighted by Crippen LogP contribution is -2.34. The van der Waals surface area contributed by atoms with Gasteiger partial charge in [-0.2, -0.15) is 0 Å². The zero-order chi connectivity index (χ0) is 23.5. The van der Waals surface area contributed by atoms with Crippen LogP contribution in [0, 0.1) is 11.8 Å². The summed E-state index contributed by atoms with van der Waals surface area (Å²) in [6, 6.07) is 9.71. The van der Waals surface area contributed by atoms with Crippen LogP contribution < -0.4 is 5.32 Å². The normalized spacial score (nSPS) is 21.8. The van der Waals surface area contributed by atoms with E-state index in [1.165, 1.54) is 55.1 Å². The Hall–Kier alpha value is -2.44. The van der Waals surface area contributed by atoms with Crippen molar-refractivity contribution in [3.63, 3.8) is 0 Å². The Morgan fingerprint density at radius 1 is 1.15 bits per heavy atom. The molecule has 1 saturated carbocycles. The third-order valence-corrected chi connectivity index (χ3v) is 8.33. The Balaban J connectivity index is 1.73. The van der Waals surface area contributed by atoms with Crippen molar-refractivity contribution in [3.8, 4) is 10.4 Å². The summed E-state index contributed by atoms with van der Waals surface area (Å²) in [7, 11) is 0. The van der Waals surface area contributed by atoms with Crippen LogP contribution in [0.2, 0.25) is 0 Å². The maximum Gasteiger partial charge on any atom is 0.346 e. The SMILES string of the molecule is CCN1CCC(c2cc(-c3ccc(NC(C)=O)cc3)sc2C(=O)O)=C(C2CCC(C)CC2)C1. The van der Waals surface area contributed by atoms with Gasteiger partial charge in [0, 0.05) is 36.1 Å². The van der Waals surface area contributed by atoms with Crippen LogP contribution in [-0.4, -0.2) is 41.5 Å². The first-order valence-electron chi connectivity index (χ1n) is 12.1. The summed E-state index contributed by atoms with van der Waals surface area (Å²) in [5, 5.41) is 12.8. The van der Waals surface area contributed by atoms with E-state index in [-0.39, 0.29) is 5.91 Å². The number of likely N-dealkylation sites (N-methyl/N-ethyl adjacent to an activating group) is 1. The van der Waals surface area contributed by atoms with E-state index in [4.69, 9.17) is 0 Å². The molecule has 1 amide bonds. The van der Waals surface area contributed by atoms with Crippen LogP contribution in [0.4, 0.5) is 5.69 Å². The molecule has 0 spiro atoms. The molecule has 4 rings (SSSR count). The summed E-state index contributed by atoms with van der Waals surface area (Å²) in [6.45, 7) is 9.01. The largest absolute Gasteiger partial charge is 0.477 e. The lowest BCUT2D eigenvalue weighted by molar-refractivity contribution is -0.114. The number of carboxylic acid groups (broad SMARTS) is 1. The van der Waals surface area contributed by atoms with E-state index in [0.717, 1.165) is 53.7 Å². The second kappa shape index (κ2) is 10.2. The van der Waals surface area contributed by atoms with Crippen LogP contribution in [0.1, 0.15) is 68.1 Å². The average Bonchev–Trinajstić information content (AvgIpc) is 3.25. The number of hydrogen-bond acceptors (Lipinski definition) is 4. The second-order valence-corrected chi connectivity index (χ2v) is 10.5. The maximum atomic E-state index is 12.3. The van der Waals surface area contributed by atoms with Gasteiger partial charge in [-0.15, -0.1) is 11.3 Å². The van der Waals surface area contributed by atoms with Crippen molar-refractivity contribution >= 4 is 34.5 Å². The Morgan fingerprint density at radius 3 is 2.45 bits per heavy atom. The van der Waals surface area contributed by atoms with E-state index in [9.17, 15) is 14.7 Å². The predicted molar refractivity (Wildman–Crippen MR) is 136 cm³/mol. The predicted octanol–water partition coefficient (Wildman–Crippen LogP) is 6.38. The molecule has 2 aliphatic rings. The highest BCUT2D eigenvalue weighted by Crippen LogP contribution is 2.43. The zero-order valence-corrected chi connectivity index (χ0v) is 20.6. The number of carbonyl (C=O) groups excluding carboxylic acids is 1. The molecule has 1 aliphatic heterocycles. The van der Waals surface area contributed by atoms with Crippen molar-refractivity contribution in [1.29, 1.82) is 0 Å². The molecule has 0 bridgehead atoms. The number of carboxylic acids is 1. The van der Waals surface area contributed by atoms with Gasteiger partial charge in [-0.05, 0) is 72.6 Å². The summed E-state index contributed by atoms with van der Waals surface area (Å²) >= 11 is 1.36. The summed E-state index contributed by atoms with van der Waals surface area (Å²) in [6.07, 6.45) is 5.85. The molecule has 6 heteroatoms. The van der Waals surface area contributed by atoms with Crippen molar-refractivity contribution in [2.24, 2.45) is 11.8 Å². The third-order valence-electron chi connectivity index (χ3n) is 7.16. The number of rotatable bonds is 6. The zero-order valence-electron chi connectivity index (χ0n) is 19.8. The van der Waals surface area contributed by atoms with E-state index < -0.39 is 5.97 Å². The summed E-state index contributed by atoms with van der Waals surface area (Å²) < 4.78 is 0. The van der Waals surface area contributed by atoms with Gasteiger partial charge in [0.25, 0.3) is 0 Å². The summed E-state index contributed by atoms with van der Waals surface area (Å²) in [4.78, 5) is 27.5. The van der Waals surface area contributed by atoms with Crippen molar-refractivity contribution in [1.82, 2.24) is 4.90 Å². The number of aromatic carboxylic acids is 1. The first-order valence-corrected chi connectivity index (χ1v) is 12.9. The second-order valence-electron chi connectivity index (χ2n) is 9.50. The maximum absolute atomic E-state index is 12.3. The van der Waals surface area contributed by atoms with Crippen LogP contribution in [-0.2, 0) is 4.79 Å². The van der Waals surface area contributed by atoms with Crippen LogP contribution in [0.15, 0.2) is 35.9 Å². The van der Waals surface area contributed by atoms with Gasteiger partial charge in [-0.1, -0.05) is 38.8 Å². The fraction of sp³-hybridized carbons (Fsp3) is 0.481. The first kappa shape index (κ1) is 23.7. The number of benzene rings is 1. The van der Waals surface area contributed by atoms with E-state index in [1.807, 2.05) is 24.3 Å². The van der Waals surface area contributed by atoms with Gasteiger partial charge in [-0.3, -0.25) is 9.69 Å². The van der Waals surface area contributed by atoms with E-state index >= 15 is 0 Å². The van der Waals surface area contributed by atoms with Crippen molar-refractivity contribution < 1.29 is 14.7 Å². The first-order chi connectivity index (χ1) is 15.9. The van der Waals surface area contributed by atoms with Gasteiger partial charge in [0.05, 0.1) is 0 Å². The quantitative estimate of drug-likeness (QED) is 0.518. The van der Waals surface area contributed by atoms with E-state index in [2.05, 4.69) is 30.1 Å². The van der Waals surface area contributed by atoms with Gasteiger partial charge in [-0.25, -0.2) is 4.79 Å². The molecule has 2 aromatic rings. The lowest BCUT2D eigenvalue weighted by atomic mass is 9.75. The third kappa shape index (κ3) is 5.39. The van der Waals surface area contributed by atoms with E-state index in [0.29, 0.717) is 10.8 Å². The molecule has 5 nitrogen and oxygen atoms in total. The molecule has 2 heterocycles. The van der Waals surface area contributed by atoms with Crippen LogP contribution >= 0.6 is 11.3 Å². The lowest BCUT2D eigenvalue weighted by Gasteiger charge is -2.36. The molecular weight excluding hydrogens is 432 g/mol.